The Bertz CT molecular complexity index is 856. The van der Waals surface area contributed by atoms with E-state index in [9.17, 15) is 9.59 Å². The molecule has 21 heavy (non-hydrogen) atoms. The Hall–Kier alpha value is -1.99. The monoisotopic (exact) mass is 319 g/mol. The largest absolute Gasteiger partial charge is 0.300 e. The first-order chi connectivity index (χ1) is 10.0. The van der Waals surface area contributed by atoms with Crippen molar-refractivity contribution in [2.75, 3.05) is 5.32 Å². The normalized spacial score (nSPS) is 11.0. The number of carbonyl (C=O) groups is 1. The number of hydrogen-bond donors (Lipinski definition) is 1. The highest BCUT2D eigenvalue weighted by molar-refractivity contribution is 7.15. The van der Waals surface area contributed by atoms with E-state index < -0.39 is 0 Å². The van der Waals surface area contributed by atoms with Crippen LogP contribution in [0, 0.1) is 13.8 Å². The zero-order valence-electron chi connectivity index (χ0n) is 11.5. The first kappa shape index (κ1) is 14.0. The second kappa shape index (κ2) is 5.42. The number of nitrogens with one attached hydrogen (secondary N) is 1. The first-order valence-electron chi connectivity index (χ1n) is 6.37. The smallest absolute Gasteiger partial charge is 0.268 e. The van der Waals surface area contributed by atoms with Gasteiger partial charge in [-0.05, 0) is 26.0 Å². The Morgan fingerprint density at radius 2 is 2.10 bits per heavy atom. The minimum Gasteiger partial charge on any atom is -0.300 e. The van der Waals surface area contributed by atoms with Crippen LogP contribution in [0.4, 0.5) is 5.13 Å². The lowest BCUT2D eigenvalue weighted by Crippen LogP contribution is -2.23. The molecule has 108 valence electrons. The molecule has 3 aromatic rings. The number of hydrogen-bond acceptors (Lipinski definition) is 5. The maximum Gasteiger partial charge on any atom is 0.268 e. The Labute approximate surface area is 129 Å². The summed E-state index contributed by atoms with van der Waals surface area (Å²) in [5.41, 5.74) is 0.784. The number of amides is 1. The number of anilines is 1. The number of fused-ring (bicyclic) bond motifs is 1. The number of benzene rings is 1. The van der Waals surface area contributed by atoms with Gasteiger partial charge in [-0.25, -0.2) is 4.98 Å². The maximum absolute atomic E-state index is 12.2. The molecule has 0 saturated carbocycles. The molecule has 1 aromatic carbocycles. The summed E-state index contributed by atoms with van der Waals surface area (Å²) < 4.78 is 2.35. The topological polar surface area (TPSA) is 64.0 Å². The van der Waals surface area contributed by atoms with Gasteiger partial charge in [-0.3, -0.25) is 13.5 Å². The lowest BCUT2D eigenvalue weighted by molar-refractivity contribution is -0.116. The molecule has 7 heteroatoms. The fourth-order valence-electron chi connectivity index (χ4n) is 1.94. The van der Waals surface area contributed by atoms with Gasteiger partial charge in [0.25, 0.3) is 5.56 Å². The van der Waals surface area contributed by atoms with Gasteiger partial charge in [-0.2, -0.15) is 0 Å². The SMILES string of the molecule is Cc1nc(NC(=O)Cn2sc3ccccc3c2=O)sc1C. The summed E-state index contributed by atoms with van der Waals surface area (Å²) in [4.78, 5) is 29.5. The number of aromatic nitrogens is 2. The average Bonchev–Trinajstić information content (AvgIpc) is 2.91. The summed E-state index contributed by atoms with van der Waals surface area (Å²) in [5, 5.41) is 3.96. The Morgan fingerprint density at radius 1 is 1.33 bits per heavy atom. The number of thiazole rings is 1. The molecule has 5 nitrogen and oxygen atoms in total. The number of aryl methyl sites for hydroxylation is 2. The van der Waals surface area contributed by atoms with Gasteiger partial charge in [0.05, 0.1) is 15.8 Å². The van der Waals surface area contributed by atoms with Crippen molar-refractivity contribution in [2.24, 2.45) is 0 Å². The molecule has 1 N–H and O–H groups in total. The van der Waals surface area contributed by atoms with Crippen LogP contribution in [-0.2, 0) is 11.3 Å². The predicted molar refractivity (Wildman–Crippen MR) is 86.3 cm³/mol. The summed E-state index contributed by atoms with van der Waals surface area (Å²) in [5.74, 6) is -0.239. The van der Waals surface area contributed by atoms with Crippen LogP contribution in [0.2, 0.25) is 0 Å². The summed E-state index contributed by atoms with van der Waals surface area (Å²) >= 11 is 2.73. The van der Waals surface area contributed by atoms with Gasteiger partial charge in [0, 0.05) is 4.88 Å². The molecular formula is C14H13N3O2S2. The molecule has 0 atom stereocenters. The Morgan fingerprint density at radius 3 is 2.76 bits per heavy atom. The van der Waals surface area contributed by atoms with Crippen molar-refractivity contribution in [3.05, 3.63) is 45.2 Å². The Balaban J connectivity index is 1.80. The van der Waals surface area contributed by atoms with Crippen LogP contribution in [0.1, 0.15) is 10.6 Å². The molecule has 0 saturated heterocycles. The van der Waals surface area contributed by atoms with E-state index in [1.165, 1.54) is 26.8 Å². The number of nitrogens with zero attached hydrogens (tertiary/aromatic N) is 2. The van der Waals surface area contributed by atoms with Gasteiger partial charge in [0.2, 0.25) is 5.91 Å². The second-order valence-corrected chi connectivity index (χ2v) is 6.90. The van der Waals surface area contributed by atoms with Crippen molar-refractivity contribution in [1.82, 2.24) is 8.94 Å². The highest BCUT2D eigenvalue weighted by Crippen LogP contribution is 2.21. The van der Waals surface area contributed by atoms with E-state index in [2.05, 4.69) is 10.3 Å². The molecule has 0 aliphatic rings. The molecular weight excluding hydrogens is 306 g/mol. The predicted octanol–water partition coefficient (Wildman–Crippen LogP) is 2.78. The van der Waals surface area contributed by atoms with E-state index in [0.29, 0.717) is 10.5 Å². The summed E-state index contributed by atoms with van der Waals surface area (Å²) in [6.45, 7) is 3.87. The van der Waals surface area contributed by atoms with Crippen LogP contribution in [-0.4, -0.2) is 14.8 Å². The van der Waals surface area contributed by atoms with Gasteiger partial charge >= 0.3 is 0 Å². The van der Waals surface area contributed by atoms with E-state index in [1.807, 2.05) is 32.0 Å². The van der Waals surface area contributed by atoms with E-state index >= 15 is 0 Å². The van der Waals surface area contributed by atoms with Crippen molar-refractivity contribution >= 4 is 44.0 Å². The first-order valence-corrected chi connectivity index (χ1v) is 7.96. The van der Waals surface area contributed by atoms with Crippen molar-refractivity contribution in [3.8, 4) is 0 Å². The lowest BCUT2D eigenvalue weighted by atomic mass is 10.3. The molecule has 0 unspecified atom stereocenters. The zero-order chi connectivity index (χ0) is 15.0. The number of rotatable bonds is 3. The lowest BCUT2D eigenvalue weighted by Gasteiger charge is -2.00. The minimum atomic E-state index is -0.239. The van der Waals surface area contributed by atoms with Crippen LogP contribution in [0.3, 0.4) is 0 Å². The fourth-order valence-corrected chi connectivity index (χ4v) is 3.76. The van der Waals surface area contributed by atoms with Crippen LogP contribution < -0.4 is 10.9 Å². The van der Waals surface area contributed by atoms with Crippen molar-refractivity contribution in [3.63, 3.8) is 0 Å². The fraction of sp³-hybridized carbons (Fsp3) is 0.214. The van der Waals surface area contributed by atoms with E-state index in [1.54, 1.807) is 6.07 Å². The van der Waals surface area contributed by atoms with E-state index in [4.69, 9.17) is 0 Å². The average molecular weight is 319 g/mol. The van der Waals surface area contributed by atoms with Gasteiger partial charge < -0.3 is 5.32 Å². The molecule has 0 spiro atoms. The second-order valence-electron chi connectivity index (χ2n) is 4.64. The summed E-state index contributed by atoms with van der Waals surface area (Å²) in [6, 6.07) is 7.35. The van der Waals surface area contributed by atoms with Crippen molar-refractivity contribution in [1.29, 1.82) is 0 Å². The third kappa shape index (κ3) is 2.74. The van der Waals surface area contributed by atoms with Gasteiger partial charge in [-0.1, -0.05) is 23.7 Å². The molecule has 2 heterocycles. The van der Waals surface area contributed by atoms with Crippen LogP contribution in [0.15, 0.2) is 29.1 Å². The molecule has 1 amide bonds. The van der Waals surface area contributed by atoms with E-state index in [-0.39, 0.29) is 18.0 Å². The molecule has 0 aliphatic heterocycles. The molecule has 0 radical (unpaired) electrons. The quantitative estimate of drug-likeness (QED) is 0.807. The van der Waals surface area contributed by atoms with Gasteiger partial charge in [0.15, 0.2) is 5.13 Å². The zero-order valence-corrected chi connectivity index (χ0v) is 13.2. The van der Waals surface area contributed by atoms with Crippen LogP contribution in [0.25, 0.3) is 10.1 Å². The van der Waals surface area contributed by atoms with Crippen molar-refractivity contribution in [2.45, 2.75) is 20.4 Å². The van der Waals surface area contributed by atoms with Crippen molar-refractivity contribution < 1.29 is 4.79 Å². The van der Waals surface area contributed by atoms with E-state index in [0.717, 1.165) is 15.3 Å². The number of carbonyl (C=O) groups excluding carboxylic acids is 1. The van der Waals surface area contributed by atoms with Crippen LogP contribution in [0.5, 0.6) is 0 Å². The molecule has 2 aromatic heterocycles. The molecule has 0 bridgehead atoms. The highest BCUT2D eigenvalue weighted by atomic mass is 32.1. The minimum absolute atomic E-state index is 0.00978. The van der Waals surface area contributed by atoms with Gasteiger partial charge in [0.1, 0.15) is 6.54 Å². The van der Waals surface area contributed by atoms with Gasteiger partial charge in [-0.15, -0.1) is 11.3 Å². The maximum atomic E-state index is 12.2. The summed E-state index contributed by atoms with van der Waals surface area (Å²) in [7, 11) is 0. The molecule has 0 aliphatic carbocycles. The molecule has 0 fully saturated rings. The Kier molecular flexibility index (Phi) is 3.60. The third-order valence-corrected chi connectivity index (χ3v) is 5.17. The standard InChI is InChI=1S/C14H13N3O2S2/c1-8-9(2)20-14(15-8)16-12(18)7-17-13(19)10-5-3-4-6-11(10)21-17/h3-6H,7H2,1-2H3,(H,15,16,18). The van der Waals surface area contributed by atoms with Crippen LogP contribution >= 0.6 is 22.9 Å². The third-order valence-electron chi connectivity index (χ3n) is 3.11. The molecule has 3 rings (SSSR count). The summed E-state index contributed by atoms with van der Waals surface area (Å²) in [6.07, 6.45) is 0. The highest BCUT2D eigenvalue weighted by Gasteiger charge is 2.12.